The van der Waals surface area contributed by atoms with Gasteiger partial charge in [-0.2, -0.15) is 18.4 Å². The molecule has 0 saturated carbocycles. The molecule has 0 amide bonds. The zero-order chi connectivity index (χ0) is 31.3. The number of halogens is 4. The molecule has 44 heavy (non-hydrogen) atoms. The Bertz CT molecular complexity index is 1630. The first-order chi connectivity index (χ1) is 21.1. The maximum atomic E-state index is 14.1. The van der Waals surface area contributed by atoms with Gasteiger partial charge in [0, 0.05) is 22.9 Å². The number of nitrogens with zero attached hydrogens (tertiary/aromatic N) is 2. The van der Waals surface area contributed by atoms with Gasteiger partial charge in [-0.1, -0.05) is 49.4 Å². The average Bonchev–Trinajstić information content (AvgIpc) is 3.02. The molecule has 1 heterocycles. The van der Waals surface area contributed by atoms with E-state index in [2.05, 4.69) is 40.2 Å². The SMILES string of the molecule is CNSc1cccc(-c2cccc(CC(C)(c3ccc(C#N)c(C(F)(F)F)c3)C3CCN(Sc4ccc(F)cc4)CC3)c2)c1. The molecule has 0 aliphatic carbocycles. The van der Waals surface area contributed by atoms with E-state index in [1.54, 1.807) is 36.2 Å². The standard InChI is InChI=1S/C35H33F4N3S2/c1-34(29-10-9-27(23-40)33(21-29)35(37,38)39,28-15-17-42(18-16-28)44-31-13-11-30(36)12-14-31)22-24-5-3-6-25(19-24)26-7-4-8-32(20-26)43-41-2/h3-14,19-21,28,41H,15-18,22H2,1-2H3. The van der Waals surface area contributed by atoms with Crippen LogP contribution in [0.5, 0.6) is 0 Å². The number of nitriles is 1. The monoisotopic (exact) mass is 635 g/mol. The fourth-order valence-corrected chi connectivity index (χ4v) is 7.60. The highest BCUT2D eigenvalue weighted by Gasteiger charge is 2.41. The highest BCUT2D eigenvalue weighted by atomic mass is 32.2. The molecule has 3 nitrogen and oxygen atoms in total. The Balaban J connectivity index is 1.47. The minimum atomic E-state index is -4.63. The van der Waals surface area contributed by atoms with Gasteiger partial charge in [-0.05, 0) is 132 Å². The molecule has 1 N–H and O–H groups in total. The van der Waals surface area contributed by atoms with Crippen LogP contribution in [0.3, 0.4) is 0 Å². The van der Waals surface area contributed by atoms with Crippen molar-refractivity contribution in [1.82, 2.24) is 9.03 Å². The molecule has 0 aromatic heterocycles. The van der Waals surface area contributed by atoms with Gasteiger partial charge < -0.3 is 0 Å². The summed E-state index contributed by atoms with van der Waals surface area (Å²) in [6.07, 6.45) is -2.51. The smallest absolute Gasteiger partial charge is 0.263 e. The van der Waals surface area contributed by atoms with Crippen LogP contribution in [0.15, 0.2) is 101 Å². The van der Waals surface area contributed by atoms with Crippen LogP contribution in [0.25, 0.3) is 11.1 Å². The fourth-order valence-electron chi connectivity index (χ4n) is 6.08. The molecule has 4 aromatic carbocycles. The van der Waals surface area contributed by atoms with Gasteiger partial charge in [0.1, 0.15) is 5.82 Å². The van der Waals surface area contributed by atoms with E-state index in [-0.39, 0.29) is 17.3 Å². The summed E-state index contributed by atoms with van der Waals surface area (Å²) in [4.78, 5) is 2.03. The molecular weight excluding hydrogens is 603 g/mol. The van der Waals surface area contributed by atoms with Gasteiger partial charge in [-0.3, -0.25) is 4.72 Å². The van der Waals surface area contributed by atoms with E-state index < -0.39 is 17.2 Å². The Morgan fingerprint density at radius 2 is 1.57 bits per heavy atom. The molecule has 1 fully saturated rings. The maximum absolute atomic E-state index is 14.1. The van der Waals surface area contributed by atoms with Crippen molar-refractivity contribution in [2.75, 3.05) is 20.1 Å². The quantitative estimate of drug-likeness (QED) is 0.147. The fraction of sp³-hybridized carbons (Fsp3) is 0.286. The van der Waals surface area contributed by atoms with Gasteiger partial charge in [0.2, 0.25) is 0 Å². The normalized spacial score (nSPS) is 15.9. The van der Waals surface area contributed by atoms with E-state index in [9.17, 15) is 22.8 Å². The Morgan fingerprint density at radius 1 is 0.886 bits per heavy atom. The van der Waals surface area contributed by atoms with Crippen LogP contribution < -0.4 is 4.72 Å². The summed E-state index contributed by atoms with van der Waals surface area (Å²) in [5.41, 5.74) is 1.87. The third-order valence-corrected chi connectivity index (χ3v) is 10.2. The maximum Gasteiger partial charge on any atom is 0.417 e. The molecule has 0 radical (unpaired) electrons. The summed E-state index contributed by atoms with van der Waals surface area (Å²) in [5, 5.41) is 9.43. The largest absolute Gasteiger partial charge is 0.417 e. The molecule has 0 bridgehead atoms. The van der Waals surface area contributed by atoms with E-state index in [1.807, 2.05) is 31.3 Å². The molecule has 9 heteroatoms. The van der Waals surface area contributed by atoms with E-state index >= 15 is 0 Å². The van der Waals surface area contributed by atoms with E-state index in [1.165, 1.54) is 36.2 Å². The predicted octanol–water partition coefficient (Wildman–Crippen LogP) is 9.53. The Hall–Kier alpha value is -3.29. The Morgan fingerprint density at radius 3 is 2.23 bits per heavy atom. The van der Waals surface area contributed by atoms with E-state index in [4.69, 9.17) is 0 Å². The Kier molecular flexibility index (Phi) is 10.1. The van der Waals surface area contributed by atoms with Crippen LogP contribution in [0.1, 0.15) is 42.0 Å². The topological polar surface area (TPSA) is 39.1 Å². The van der Waals surface area contributed by atoms with Crippen LogP contribution >= 0.6 is 23.9 Å². The van der Waals surface area contributed by atoms with Gasteiger partial charge in [0.05, 0.1) is 17.2 Å². The predicted molar refractivity (Wildman–Crippen MR) is 171 cm³/mol. The lowest BCUT2D eigenvalue weighted by Crippen LogP contribution is -2.41. The average molecular weight is 636 g/mol. The lowest BCUT2D eigenvalue weighted by atomic mass is 9.64. The second-order valence-corrected chi connectivity index (χ2v) is 13.5. The third-order valence-electron chi connectivity index (χ3n) is 8.39. The first-order valence-corrected chi connectivity index (χ1v) is 16.0. The van der Waals surface area contributed by atoms with Crippen molar-refractivity contribution in [3.8, 4) is 17.2 Å². The van der Waals surface area contributed by atoms with Crippen LogP contribution in [0.4, 0.5) is 17.6 Å². The zero-order valence-electron chi connectivity index (χ0n) is 24.5. The number of hydrogen-bond acceptors (Lipinski definition) is 5. The molecular formula is C35H33F4N3S2. The second-order valence-electron chi connectivity index (χ2n) is 11.2. The summed E-state index contributed by atoms with van der Waals surface area (Å²) in [7, 11) is 1.87. The summed E-state index contributed by atoms with van der Waals surface area (Å²) in [6.45, 7) is 3.57. The van der Waals surface area contributed by atoms with Crippen molar-refractivity contribution in [2.24, 2.45) is 5.92 Å². The number of piperidine rings is 1. The Labute approximate surface area is 264 Å². The number of rotatable bonds is 9. The summed E-state index contributed by atoms with van der Waals surface area (Å²) >= 11 is 3.11. The van der Waals surface area contributed by atoms with Crippen molar-refractivity contribution in [1.29, 1.82) is 5.26 Å². The van der Waals surface area contributed by atoms with Crippen LogP contribution in [0, 0.1) is 23.1 Å². The van der Waals surface area contributed by atoms with Crippen molar-refractivity contribution in [2.45, 2.75) is 47.6 Å². The molecule has 5 rings (SSSR count). The molecule has 1 aliphatic rings. The first-order valence-electron chi connectivity index (χ1n) is 14.4. The first kappa shape index (κ1) is 32.1. The van der Waals surface area contributed by atoms with Crippen molar-refractivity contribution in [3.63, 3.8) is 0 Å². The van der Waals surface area contributed by atoms with Crippen LogP contribution in [0.2, 0.25) is 0 Å². The van der Waals surface area contributed by atoms with E-state index in [0.717, 1.165) is 52.4 Å². The zero-order valence-corrected chi connectivity index (χ0v) is 26.1. The third kappa shape index (κ3) is 7.49. The number of nitrogens with one attached hydrogen (secondary N) is 1. The van der Waals surface area contributed by atoms with Gasteiger partial charge in [-0.25, -0.2) is 8.70 Å². The molecule has 1 saturated heterocycles. The molecule has 228 valence electrons. The van der Waals surface area contributed by atoms with Crippen molar-refractivity contribution in [3.05, 3.63) is 119 Å². The minimum Gasteiger partial charge on any atom is -0.263 e. The number of hydrogen-bond donors (Lipinski definition) is 1. The van der Waals surface area contributed by atoms with Gasteiger partial charge in [-0.15, -0.1) is 0 Å². The summed E-state index contributed by atoms with van der Waals surface area (Å²) in [6, 6.07) is 28.8. The summed E-state index contributed by atoms with van der Waals surface area (Å²) < 4.78 is 61.0. The number of alkyl halides is 3. The van der Waals surface area contributed by atoms with Gasteiger partial charge in [0.15, 0.2) is 0 Å². The minimum absolute atomic E-state index is 0.0978. The molecule has 1 atom stereocenters. The lowest BCUT2D eigenvalue weighted by molar-refractivity contribution is -0.137. The van der Waals surface area contributed by atoms with E-state index in [0.29, 0.717) is 12.0 Å². The van der Waals surface area contributed by atoms with Gasteiger partial charge >= 0.3 is 6.18 Å². The second kappa shape index (κ2) is 13.8. The van der Waals surface area contributed by atoms with Crippen molar-refractivity contribution < 1.29 is 17.6 Å². The van der Waals surface area contributed by atoms with Crippen molar-refractivity contribution >= 4 is 23.9 Å². The lowest BCUT2D eigenvalue weighted by Gasteiger charge is -2.43. The number of benzene rings is 4. The molecule has 0 spiro atoms. The molecule has 4 aromatic rings. The summed E-state index contributed by atoms with van der Waals surface area (Å²) in [5.74, 6) is -0.182. The van der Waals surface area contributed by atoms with Crippen LogP contribution in [-0.4, -0.2) is 24.4 Å². The van der Waals surface area contributed by atoms with Gasteiger partial charge in [0.25, 0.3) is 0 Å². The highest BCUT2D eigenvalue weighted by Crippen LogP contribution is 2.45. The molecule has 1 aliphatic heterocycles. The van der Waals surface area contributed by atoms with Crippen LogP contribution in [-0.2, 0) is 18.0 Å². The highest BCUT2D eigenvalue weighted by molar-refractivity contribution is 7.97. The molecule has 1 unspecified atom stereocenters.